The molecule has 0 amide bonds. The largest absolute Gasteiger partial charge is 0.0648 e. The highest BCUT2D eigenvalue weighted by Gasteiger charge is 2.12. The van der Waals surface area contributed by atoms with Crippen molar-refractivity contribution in [2.45, 2.75) is 40.0 Å². The first kappa shape index (κ1) is 10.3. The molecule has 0 nitrogen and oxygen atoms in total. The lowest BCUT2D eigenvalue weighted by Gasteiger charge is -2.19. The Balaban J connectivity index is 2.86. The van der Waals surface area contributed by atoms with Crippen LogP contribution in [0.25, 0.3) is 0 Å². The summed E-state index contributed by atoms with van der Waals surface area (Å²) in [6.07, 6.45) is 1.24. The molecule has 0 bridgehead atoms. The fourth-order valence-corrected chi connectivity index (χ4v) is 1.91. The van der Waals surface area contributed by atoms with E-state index in [1.807, 2.05) is 0 Å². The smallest absolute Gasteiger partial charge is 0.0141 e. The average Bonchev–Trinajstić information content (AvgIpc) is 2.09. The second kappa shape index (κ2) is 4.45. The number of rotatable bonds is 3. The molecule has 0 heterocycles. The van der Waals surface area contributed by atoms with Gasteiger partial charge in [0.25, 0.3) is 0 Å². The van der Waals surface area contributed by atoms with E-state index in [2.05, 4.69) is 52.0 Å². The van der Waals surface area contributed by atoms with Gasteiger partial charge in [0, 0.05) is 0 Å². The number of hydrogen-bond donors (Lipinski definition) is 0. The predicted molar refractivity (Wildman–Crippen MR) is 59.0 cm³/mol. The molecule has 0 N–H and O–H groups in total. The van der Waals surface area contributed by atoms with Crippen molar-refractivity contribution in [2.24, 2.45) is 5.92 Å². The molecule has 1 atom stereocenters. The van der Waals surface area contributed by atoms with Gasteiger partial charge < -0.3 is 0 Å². The van der Waals surface area contributed by atoms with Crippen LogP contribution >= 0.6 is 0 Å². The first-order valence-electron chi connectivity index (χ1n) is 5.21. The maximum Gasteiger partial charge on any atom is -0.0141 e. The van der Waals surface area contributed by atoms with E-state index in [0.29, 0.717) is 0 Å². The molecule has 1 rings (SSSR count). The highest BCUT2D eigenvalue weighted by atomic mass is 14.2. The molecular weight excluding hydrogens is 156 g/mol. The lowest BCUT2D eigenvalue weighted by atomic mass is 9.86. The van der Waals surface area contributed by atoms with Gasteiger partial charge in [0.1, 0.15) is 0 Å². The van der Waals surface area contributed by atoms with Crippen molar-refractivity contribution in [1.29, 1.82) is 0 Å². The summed E-state index contributed by atoms with van der Waals surface area (Å²) >= 11 is 0. The first-order valence-corrected chi connectivity index (χ1v) is 5.21. The van der Waals surface area contributed by atoms with Crippen LogP contribution < -0.4 is 0 Å². The topological polar surface area (TPSA) is 0 Å². The minimum atomic E-state index is 0.723. The van der Waals surface area contributed by atoms with Crippen molar-refractivity contribution in [3.8, 4) is 0 Å². The first-order chi connectivity index (χ1) is 6.15. The fraction of sp³-hybridized carbons (Fsp3) is 0.538. The van der Waals surface area contributed by atoms with Crippen LogP contribution in [0.1, 0.15) is 44.2 Å². The number of hydrogen-bond acceptors (Lipinski definition) is 0. The minimum absolute atomic E-state index is 0.723. The summed E-state index contributed by atoms with van der Waals surface area (Å²) in [6, 6.07) is 8.95. The van der Waals surface area contributed by atoms with Crippen LogP contribution in [0, 0.1) is 12.8 Å². The van der Waals surface area contributed by atoms with Crippen LogP contribution in [0.2, 0.25) is 0 Å². The highest BCUT2D eigenvalue weighted by molar-refractivity contribution is 5.24. The Kier molecular flexibility index (Phi) is 3.53. The summed E-state index contributed by atoms with van der Waals surface area (Å²) in [5.74, 6) is 1.47. The van der Waals surface area contributed by atoms with E-state index in [9.17, 15) is 0 Å². The van der Waals surface area contributed by atoms with Crippen molar-refractivity contribution in [3.63, 3.8) is 0 Å². The van der Waals surface area contributed by atoms with E-state index in [1.165, 1.54) is 17.5 Å². The molecule has 1 unspecified atom stereocenters. The summed E-state index contributed by atoms with van der Waals surface area (Å²) in [4.78, 5) is 0. The van der Waals surface area contributed by atoms with E-state index in [4.69, 9.17) is 0 Å². The summed E-state index contributed by atoms with van der Waals surface area (Å²) < 4.78 is 0. The normalized spacial score (nSPS) is 13.3. The molecule has 0 aromatic heterocycles. The van der Waals surface area contributed by atoms with Crippen LogP contribution in [0.5, 0.6) is 0 Å². The molecule has 0 aliphatic rings. The summed E-state index contributed by atoms with van der Waals surface area (Å²) in [6.45, 7) is 9.01. The summed E-state index contributed by atoms with van der Waals surface area (Å²) in [5, 5.41) is 0. The highest BCUT2D eigenvalue weighted by Crippen LogP contribution is 2.27. The van der Waals surface area contributed by atoms with Gasteiger partial charge in [0.15, 0.2) is 0 Å². The van der Waals surface area contributed by atoms with E-state index in [-0.39, 0.29) is 0 Å². The van der Waals surface area contributed by atoms with Gasteiger partial charge >= 0.3 is 0 Å². The van der Waals surface area contributed by atoms with Gasteiger partial charge in [-0.1, -0.05) is 50.6 Å². The van der Waals surface area contributed by atoms with Crippen LogP contribution in [0.15, 0.2) is 24.3 Å². The molecule has 1 aromatic rings. The van der Waals surface area contributed by atoms with Crippen molar-refractivity contribution >= 4 is 0 Å². The van der Waals surface area contributed by atoms with Gasteiger partial charge in [-0.3, -0.25) is 0 Å². The lowest BCUT2D eigenvalue weighted by Crippen LogP contribution is -2.05. The Bertz CT molecular complexity index is 243. The second-order valence-corrected chi connectivity index (χ2v) is 4.17. The maximum atomic E-state index is 2.30. The van der Waals surface area contributed by atoms with Gasteiger partial charge in [-0.2, -0.15) is 0 Å². The monoisotopic (exact) mass is 176 g/mol. The van der Waals surface area contributed by atoms with Gasteiger partial charge in [0.05, 0.1) is 0 Å². The molecular formula is C13H20. The van der Waals surface area contributed by atoms with E-state index in [1.54, 1.807) is 0 Å². The molecule has 0 fully saturated rings. The molecule has 0 radical (unpaired) electrons. The Morgan fingerprint density at radius 2 is 1.62 bits per heavy atom. The molecule has 0 saturated heterocycles. The second-order valence-electron chi connectivity index (χ2n) is 4.17. The van der Waals surface area contributed by atoms with E-state index >= 15 is 0 Å². The number of benzene rings is 1. The van der Waals surface area contributed by atoms with E-state index < -0.39 is 0 Å². The van der Waals surface area contributed by atoms with Crippen LogP contribution in [-0.4, -0.2) is 0 Å². The van der Waals surface area contributed by atoms with Crippen molar-refractivity contribution < 1.29 is 0 Å². The fourth-order valence-electron chi connectivity index (χ4n) is 1.91. The zero-order chi connectivity index (χ0) is 9.84. The third-order valence-electron chi connectivity index (χ3n) is 2.75. The third kappa shape index (κ3) is 2.58. The summed E-state index contributed by atoms with van der Waals surface area (Å²) in [5.41, 5.74) is 2.84. The van der Waals surface area contributed by atoms with Gasteiger partial charge in [-0.05, 0) is 30.7 Å². The predicted octanol–water partition coefficient (Wildman–Crippen LogP) is 4.14. The SMILES string of the molecule is CCC(c1ccc(C)cc1)C(C)C. The molecule has 0 saturated carbocycles. The van der Waals surface area contributed by atoms with Gasteiger partial charge in [0.2, 0.25) is 0 Å². The van der Waals surface area contributed by atoms with Crippen molar-refractivity contribution in [3.05, 3.63) is 35.4 Å². The van der Waals surface area contributed by atoms with Crippen molar-refractivity contribution in [2.75, 3.05) is 0 Å². The van der Waals surface area contributed by atoms with E-state index in [0.717, 1.165) is 11.8 Å². The van der Waals surface area contributed by atoms with Crippen LogP contribution in [0.3, 0.4) is 0 Å². The van der Waals surface area contributed by atoms with Crippen molar-refractivity contribution in [1.82, 2.24) is 0 Å². The molecule has 72 valence electrons. The zero-order valence-corrected chi connectivity index (χ0v) is 9.17. The molecule has 0 heteroatoms. The van der Waals surface area contributed by atoms with Crippen LogP contribution in [-0.2, 0) is 0 Å². The van der Waals surface area contributed by atoms with Gasteiger partial charge in [-0.25, -0.2) is 0 Å². The average molecular weight is 176 g/mol. The zero-order valence-electron chi connectivity index (χ0n) is 9.17. The maximum absolute atomic E-state index is 2.30. The Morgan fingerprint density at radius 3 is 2.00 bits per heavy atom. The quantitative estimate of drug-likeness (QED) is 0.649. The van der Waals surface area contributed by atoms with Gasteiger partial charge in [-0.15, -0.1) is 0 Å². The Labute approximate surface area is 82.0 Å². The molecule has 13 heavy (non-hydrogen) atoms. The molecule has 1 aromatic carbocycles. The third-order valence-corrected chi connectivity index (χ3v) is 2.75. The number of aryl methyl sites for hydroxylation is 1. The lowest BCUT2D eigenvalue weighted by molar-refractivity contribution is 0.485. The summed E-state index contributed by atoms with van der Waals surface area (Å²) in [7, 11) is 0. The molecule has 0 spiro atoms. The van der Waals surface area contributed by atoms with Crippen LogP contribution in [0.4, 0.5) is 0 Å². The Hall–Kier alpha value is -0.780. The minimum Gasteiger partial charge on any atom is -0.0648 e. The Morgan fingerprint density at radius 1 is 1.08 bits per heavy atom. The molecule has 0 aliphatic carbocycles. The molecule has 0 aliphatic heterocycles. The standard InChI is InChI=1S/C13H20/c1-5-13(10(2)3)12-8-6-11(4)7-9-12/h6-10,13H,5H2,1-4H3.